The van der Waals surface area contributed by atoms with Gasteiger partial charge in [-0.15, -0.1) is 30.4 Å². The first-order chi connectivity index (χ1) is 8.60. The van der Waals surface area contributed by atoms with Crippen molar-refractivity contribution >= 4 is 29.9 Å². The Kier molecular flexibility index (Phi) is 8.24. The summed E-state index contributed by atoms with van der Waals surface area (Å²) in [5, 5.41) is 6.33. The molecule has 0 spiro atoms. The molecule has 0 fully saturated rings. The van der Waals surface area contributed by atoms with E-state index in [0.29, 0.717) is 6.54 Å². The van der Waals surface area contributed by atoms with Crippen LogP contribution in [0.2, 0.25) is 0 Å². The lowest BCUT2D eigenvalue weighted by molar-refractivity contribution is 0.509. The van der Waals surface area contributed by atoms with E-state index in [9.17, 15) is 0 Å². The number of hydrogen-bond donors (Lipinski definition) is 2. The second-order valence-corrected chi connectivity index (χ2v) is 4.73. The van der Waals surface area contributed by atoms with Gasteiger partial charge in [-0.05, 0) is 5.56 Å². The van der Waals surface area contributed by atoms with Crippen LogP contribution in [0.3, 0.4) is 0 Å². The fourth-order valence-corrected chi connectivity index (χ4v) is 1.65. The lowest BCUT2D eigenvalue weighted by Crippen LogP contribution is -2.43. The molecule has 104 valence electrons. The van der Waals surface area contributed by atoms with Crippen LogP contribution < -0.4 is 10.6 Å². The number of terminal acetylenes is 1. The fraction of sp³-hybridized carbons (Fsp3) is 0.400. The number of hydrogen-bond acceptors (Lipinski definition) is 1. The maximum Gasteiger partial charge on any atom is 0.191 e. The van der Waals surface area contributed by atoms with Crippen LogP contribution in [0.4, 0.5) is 0 Å². The Morgan fingerprint density at radius 2 is 1.89 bits per heavy atom. The Morgan fingerprint density at radius 3 is 2.42 bits per heavy atom. The first-order valence-corrected chi connectivity index (χ1v) is 6.03. The molecule has 1 aromatic carbocycles. The second-order valence-electron chi connectivity index (χ2n) is 4.73. The van der Waals surface area contributed by atoms with Crippen molar-refractivity contribution in [3.8, 4) is 12.3 Å². The molecule has 4 heteroatoms. The summed E-state index contributed by atoms with van der Waals surface area (Å²) in [6.07, 6.45) is 5.21. The van der Waals surface area contributed by atoms with Crippen molar-refractivity contribution in [1.29, 1.82) is 0 Å². The fourth-order valence-electron chi connectivity index (χ4n) is 1.65. The van der Waals surface area contributed by atoms with E-state index in [-0.39, 0.29) is 29.4 Å². The Morgan fingerprint density at radius 1 is 1.26 bits per heavy atom. The van der Waals surface area contributed by atoms with E-state index in [1.807, 2.05) is 6.07 Å². The van der Waals surface area contributed by atoms with E-state index < -0.39 is 0 Å². The van der Waals surface area contributed by atoms with Gasteiger partial charge in [0.05, 0.1) is 6.54 Å². The van der Waals surface area contributed by atoms with Crippen molar-refractivity contribution in [2.24, 2.45) is 4.99 Å². The summed E-state index contributed by atoms with van der Waals surface area (Å²) in [6.45, 7) is 5.67. The van der Waals surface area contributed by atoms with Gasteiger partial charge < -0.3 is 10.6 Å². The summed E-state index contributed by atoms with van der Waals surface area (Å²) in [7, 11) is 1.74. The van der Waals surface area contributed by atoms with Gasteiger partial charge in [0, 0.05) is 19.0 Å². The summed E-state index contributed by atoms with van der Waals surface area (Å²) in [4.78, 5) is 4.12. The van der Waals surface area contributed by atoms with Gasteiger partial charge in [0.15, 0.2) is 5.96 Å². The van der Waals surface area contributed by atoms with Crippen LogP contribution in [0.15, 0.2) is 35.3 Å². The highest BCUT2D eigenvalue weighted by atomic mass is 127. The third-order valence-corrected chi connectivity index (χ3v) is 2.83. The topological polar surface area (TPSA) is 36.4 Å². The molecule has 0 atom stereocenters. The van der Waals surface area contributed by atoms with Gasteiger partial charge >= 0.3 is 0 Å². The van der Waals surface area contributed by atoms with Gasteiger partial charge in [-0.2, -0.15) is 0 Å². The standard InChI is InChI=1S/C15H21N3.HI/c1-5-11-17-14(16-4)18-12-15(2,3)13-9-7-6-8-10-13;/h1,6-10H,11-12H2,2-4H3,(H2,16,17,18);1H. The second kappa shape index (κ2) is 8.81. The summed E-state index contributed by atoms with van der Waals surface area (Å²) in [6, 6.07) is 10.4. The predicted molar refractivity (Wildman–Crippen MR) is 93.1 cm³/mol. The Bertz CT molecular complexity index is 432. The normalized spacial score (nSPS) is 11.2. The molecule has 0 aromatic heterocycles. The summed E-state index contributed by atoms with van der Waals surface area (Å²) in [5.74, 6) is 3.26. The minimum atomic E-state index is 0. The van der Waals surface area contributed by atoms with Crippen LogP contribution in [0.5, 0.6) is 0 Å². The van der Waals surface area contributed by atoms with Gasteiger partial charge in [0.1, 0.15) is 0 Å². The zero-order chi connectivity index (χ0) is 13.4. The van der Waals surface area contributed by atoms with E-state index in [1.165, 1.54) is 5.56 Å². The number of guanidine groups is 1. The molecule has 2 N–H and O–H groups in total. The molecular formula is C15H22IN3. The Labute approximate surface area is 133 Å². The highest BCUT2D eigenvalue weighted by Gasteiger charge is 2.20. The first-order valence-electron chi connectivity index (χ1n) is 6.03. The molecule has 0 aliphatic heterocycles. The monoisotopic (exact) mass is 371 g/mol. The molecule has 0 saturated carbocycles. The molecule has 1 aromatic rings. The van der Waals surface area contributed by atoms with Crippen LogP contribution in [0.25, 0.3) is 0 Å². The zero-order valence-electron chi connectivity index (χ0n) is 11.7. The highest BCUT2D eigenvalue weighted by Crippen LogP contribution is 2.21. The maximum atomic E-state index is 5.21. The molecule has 0 heterocycles. The maximum absolute atomic E-state index is 5.21. The number of aliphatic imine (C=N–C) groups is 1. The van der Waals surface area contributed by atoms with Crippen molar-refractivity contribution in [2.45, 2.75) is 19.3 Å². The number of nitrogens with one attached hydrogen (secondary N) is 2. The number of rotatable bonds is 4. The van der Waals surface area contributed by atoms with E-state index in [4.69, 9.17) is 6.42 Å². The molecule has 0 saturated heterocycles. The van der Waals surface area contributed by atoms with E-state index in [1.54, 1.807) is 7.05 Å². The quantitative estimate of drug-likeness (QED) is 0.369. The molecule has 0 amide bonds. The highest BCUT2D eigenvalue weighted by molar-refractivity contribution is 14.0. The minimum Gasteiger partial charge on any atom is -0.356 e. The Balaban J connectivity index is 0.00000324. The molecule has 0 unspecified atom stereocenters. The van der Waals surface area contributed by atoms with Crippen molar-refractivity contribution in [2.75, 3.05) is 20.1 Å². The molecule has 0 aliphatic carbocycles. The van der Waals surface area contributed by atoms with Crippen molar-refractivity contribution < 1.29 is 0 Å². The number of nitrogens with zero attached hydrogens (tertiary/aromatic N) is 1. The smallest absolute Gasteiger partial charge is 0.191 e. The van der Waals surface area contributed by atoms with E-state index >= 15 is 0 Å². The molecule has 0 aliphatic rings. The summed E-state index contributed by atoms with van der Waals surface area (Å²) >= 11 is 0. The third kappa shape index (κ3) is 5.97. The van der Waals surface area contributed by atoms with Gasteiger partial charge in [-0.3, -0.25) is 4.99 Å². The van der Waals surface area contributed by atoms with Gasteiger partial charge in [0.2, 0.25) is 0 Å². The van der Waals surface area contributed by atoms with Crippen LogP contribution >= 0.6 is 24.0 Å². The SMILES string of the molecule is C#CCNC(=NC)NCC(C)(C)c1ccccc1.I. The van der Waals surface area contributed by atoms with Crippen molar-refractivity contribution in [3.05, 3.63) is 35.9 Å². The average molecular weight is 371 g/mol. The largest absolute Gasteiger partial charge is 0.356 e. The van der Waals surface area contributed by atoms with Crippen LogP contribution in [-0.2, 0) is 5.41 Å². The van der Waals surface area contributed by atoms with Gasteiger partial charge in [-0.1, -0.05) is 50.1 Å². The molecule has 1 rings (SSSR count). The van der Waals surface area contributed by atoms with Crippen LogP contribution in [0.1, 0.15) is 19.4 Å². The molecule has 0 radical (unpaired) electrons. The molecule has 0 bridgehead atoms. The summed E-state index contributed by atoms with van der Waals surface area (Å²) in [5.41, 5.74) is 1.33. The third-order valence-electron chi connectivity index (χ3n) is 2.83. The van der Waals surface area contributed by atoms with E-state index in [0.717, 1.165) is 12.5 Å². The lowest BCUT2D eigenvalue weighted by atomic mass is 9.85. The van der Waals surface area contributed by atoms with E-state index in [2.05, 4.69) is 59.7 Å². The molecular weight excluding hydrogens is 349 g/mol. The van der Waals surface area contributed by atoms with Crippen LogP contribution in [0, 0.1) is 12.3 Å². The molecule has 3 nitrogen and oxygen atoms in total. The average Bonchev–Trinajstić information content (AvgIpc) is 2.40. The first kappa shape index (κ1) is 17.8. The van der Waals surface area contributed by atoms with Crippen molar-refractivity contribution in [3.63, 3.8) is 0 Å². The van der Waals surface area contributed by atoms with Gasteiger partial charge in [0.25, 0.3) is 0 Å². The number of halogens is 1. The lowest BCUT2D eigenvalue weighted by Gasteiger charge is -2.26. The Hall–Kier alpha value is -1.22. The predicted octanol–water partition coefficient (Wildman–Crippen LogP) is 2.38. The minimum absolute atomic E-state index is 0. The number of benzene rings is 1. The molecule has 19 heavy (non-hydrogen) atoms. The van der Waals surface area contributed by atoms with Crippen molar-refractivity contribution in [1.82, 2.24) is 10.6 Å². The van der Waals surface area contributed by atoms with Crippen LogP contribution in [-0.4, -0.2) is 26.1 Å². The zero-order valence-corrected chi connectivity index (χ0v) is 14.1. The van der Waals surface area contributed by atoms with Gasteiger partial charge in [-0.25, -0.2) is 0 Å². The summed E-state index contributed by atoms with van der Waals surface area (Å²) < 4.78 is 0.